The van der Waals surface area contributed by atoms with Crippen LogP contribution in [0.3, 0.4) is 0 Å². The number of hydrogen-bond acceptors (Lipinski definition) is 2. The standard InChI is InChI=1S/C12H18F3NS/c1-3-7-16-11(12(13,14)15)8-10-6-5-9(4-2)17-10/h5-6,11,16H,3-4,7-8H2,1-2H3. The molecule has 1 nitrogen and oxygen atoms in total. The molecule has 0 spiro atoms. The van der Waals surface area contributed by atoms with E-state index in [0.717, 1.165) is 16.2 Å². The molecule has 98 valence electrons. The van der Waals surface area contributed by atoms with Gasteiger partial charge in [0.15, 0.2) is 0 Å². The van der Waals surface area contributed by atoms with Gasteiger partial charge in [0.1, 0.15) is 6.04 Å². The molecule has 1 atom stereocenters. The van der Waals surface area contributed by atoms with E-state index in [9.17, 15) is 13.2 Å². The lowest BCUT2D eigenvalue weighted by atomic mass is 10.1. The van der Waals surface area contributed by atoms with Crippen LogP contribution in [0.25, 0.3) is 0 Å². The van der Waals surface area contributed by atoms with E-state index >= 15 is 0 Å². The summed E-state index contributed by atoms with van der Waals surface area (Å²) in [6, 6.07) is 2.29. The van der Waals surface area contributed by atoms with E-state index in [1.165, 1.54) is 11.3 Å². The van der Waals surface area contributed by atoms with E-state index in [2.05, 4.69) is 5.32 Å². The molecule has 0 fully saturated rings. The normalized spacial score (nSPS) is 13.9. The number of nitrogens with one attached hydrogen (secondary N) is 1. The lowest BCUT2D eigenvalue weighted by molar-refractivity contribution is -0.155. The second-order valence-electron chi connectivity index (χ2n) is 3.97. The van der Waals surface area contributed by atoms with Crippen LogP contribution < -0.4 is 5.32 Å². The molecule has 1 rings (SSSR count). The Balaban J connectivity index is 2.65. The van der Waals surface area contributed by atoms with Crippen molar-refractivity contribution in [2.75, 3.05) is 6.54 Å². The van der Waals surface area contributed by atoms with Gasteiger partial charge < -0.3 is 5.32 Å². The fourth-order valence-electron chi connectivity index (χ4n) is 1.55. The van der Waals surface area contributed by atoms with Gasteiger partial charge in [0.25, 0.3) is 0 Å². The van der Waals surface area contributed by atoms with Crippen LogP contribution in [0.15, 0.2) is 12.1 Å². The largest absolute Gasteiger partial charge is 0.404 e. The Kier molecular flexibility index (Phi) is 5.46. The topological polar surface area (TPSA) is 12.0 Å². The molecule has 0 bridgehead atoms. The summed E-state index contributed by atoms with van der Waals surface area (Å²) in [5, 5.41) is 2.57. The zero-order chi connectivity index (χ0) is 12.9. The minimum Gasteiger partial charge on any atom is -0.306 e. The number of alkyl halides is 3. The van der Waals surface area contributed by atoms with Crippen LogP contribution in [0, 0.1) is 0 Å². The highest BCUT2D eigenvalue weighted by molar-refractivity contribution is 7.11. The third-order valence-corrected chi connectivity index (χ3v) is 3.76. The van der Waals surface area contributed by atoms with Crippen LogP contribution in [-0.2, 0) is 12.8 Å². The molecule has 0 saturated heterocycles. The molecule has 0 aliphatic rings. The Hall–Kier alpha value is -0.550. The maximum atomic E-state index is 12.8. The van der Waals surface area contributed by atoms with Gasteiger partial charge in [-0.2, -0.15) is 13.2 Å². The number of rotatable bonds is 6. The predicted octanol–water partition coefficient (Wildman–Crippen LogP) is 3.78. The minimum atomic E-state index is -4.18. The second-order valence-corrected chi connectivity index (χ2v) is 5.23. The number of thiophene rings is 1. The van der Waals surface area contributed by atoms with Crippen LogP contribution >= 0.6 is 11.3 Å². The van der Waals surface area contributed by atoms with Crippen molar-refractivity contribution in [1.82, 2.24) is 5.32 Å². The molecule has 1 unspecified atom stereocenters. The van der Waals surface area contributed by atoms with Gasteiger partial charge in [0.05, 0.1) is 0 Å². The molecule has 17 heavy (non-hydrogen) atoms. The van der Waals surface area contributed by atoms with E-state index < -0.39 is 12.2 Å². The van der Waals surface area contributed by atoms with Gasteiger partial charge in [-0.15, -0.1) is 11.3 Å². The summed E-state index contributed by atoms with van der Waals surface area (Å²) >= 11 is 1.47. The SMILES string of the molecule is CCCNC(Cc1ccc(CC)s1)C(F)(F)F. The van der Waals surface area contributed by atoms with Gasteiger partial charge >= 0.3 is 6.18 Å². The summed E-state index contributed by atoms with van der Waals surface area (Å²) in [6.45, 7) is 4.27. The second kappa shape index (κ2) is 6.40. The highest BCUT2D eigenvalue weighted by Crippen LogP contribution is 2.26. The molecule has 1 aromatic heterocycles. The molecule has 5 heteroatoms. The van der Waals surface area contributed by atoms with Crippen molar-refractivity contribution in [3.63, 3.8) is 0 Å². The van der Waals surface area contributed by atoms with Gasteiger partial charge in [-0.3, -0.25) is 0 Å². The van der Waals surface area contributed by atoms with Gasteiger partial charge in [-0.05, 0) is 31.5 Å². The summed E-state index contributed by atoms with van der Waals surface area (Å²) in [7, 11) is 0. The van der Waals surface area contributed by atoms with E-state index in [4.69, 9.17) is 0 Å². The molecule has 0 aliphatic carbocycles. The van der Waals surface area contributed by atoms with Crippen molar-refractivity contribution in [2.24, 2.45) is 0 Å². The quantitative estimate of drug-likeness (QED) is 0.825. The van der Waals surface area contributed by atoms with Gasteiger partial charge in [0, 0.05) is 16.2 Å². The zero-order valence-corrected chi connectivity index (χ0v) is 10.9. The van der Waals surface area contributed by atoms with Crippen molar-refractivity contribution in [3.8, 4) is 0 Å². The van der Waals surface area contributed by atoms with Crippen LogP contribution in [0.5, 0.6) is 0 Å². The average molecular weight is 265 g/mol. The van der Waals surface area contributed by atoms with E-state index in [1.54, 1.807) is 6.07 Å². The van der Waals surface area contributed by atoms with Crippen molar-refractivity contribution in [2.45, 2.75) is 45.3 Å². The molecular formula is C12H18F3NS. The molecule has 0 aromatic carbocycles. The lowest BCUT2D eigenvalue weighted by Gasteiger charge is -2.20. The third-order valence-electron chi connectivity index (χ3n) is 2.51. The molecule has 0 amide bonds. The van der Waals surface area contributed by atoms with Crippen LogP contribution in [0.4, 0.5) is 13.2 Å². The van der Waals surface area contributed by atoms with Gasteiger partial charge in [-0.1, -0.05) is 13.8 Å². The summed E-state index contributed by atoms with van der Waals surface area (Å²) in [6.07, 6.45) is -2.55. The maximum absolute atomic E-state index is 12.8. The highest BCUT2D eigenvalue weighted by Gasteiger charge is 2.39. The Labute approximate surface area is 104 Å². The van der Waals surface area contributed by atoms with Crippen molar-refractivity contribution < 1.29 is 13.2 Å². The zero-order valence-electron chi connectivity index (χ0n) is 10.1. The first-order chi connectivity index (χ1) is 7.97. The average Bonchev–Trinajstić information content (AvgIpc) is 2.70. The Morgan fingerprint density at radius 3 is 2.35 bits per heavy atom. The van der Waals surface area contributed by atoms with E-state index in [0.29, 0.717) is 13.0 Å². The fraction of sp³-hybridized carbons (Fsp3) is 0.667. The van der Waals surface area contributed by atoms with Crippen LogP contribution in [-0.4, -0.2) is 18.8 Å². The molecule has 1 aromatic rings. The molecule has 0 aliphatic heterocycles. The number of aryl methyl sites for hydroxylation is 1. The van der Waals surface area contributed by atoms with Crippen molar-refractivity contribution in [3.05, 3.63) is 21.9 Å². The molecule has 0 radical (unpaired) electrons. The first kappa shape index (κ1) is 14.5. The minimum absolute atomic E-state index is 0.0359. The molecule has 0 saturated carbocycles. The highest BCUT2D eigenvalue weighted by atomic mass is 32.1. The van der Waals surface area contributed by atoms with Gasteiger partial charge in [0.2, 0.25) is 0 Å². The fourth-order valence-corrected chi connectivity index (χ4v) is 2.55. The monoisotopic (exact) mass is 265 g/mol. The first-order valence-electron chi connectivity index (χ1n) is 5.85. The molecule has 1 N–H and O–H groups in total. The van der Waals surface area contributed by atoms with Crippen LogP contribution in [0.1, 0.15) is 30.0 Å². The smallest absolute Gasteiger partial charge is 0.306 e. The molecular weight excluding hydrogens is 247 g/mol. The predicted molar refractivity (Wildman–Crippen MR) is 65.5 cm³/mol. The Morgan fingerprint density at radius 2 is 1.88 bits per heavy atom. The van der Waals surface area contributed by atoms with Gasteiger partial charge in [-0.25, -0.2) is 0 Å². The summed E-state index contributed by atoms with van der Waals surface area (Å²) < 4.78 is 38.3. The number of halogens is 3. The lowest BCUT2D eigenvalue weighted by Crippen LogP contribution is -2.44. The third kappa shape index (κ3) is 4.68. The van der Waals surface area contributed by atoms with E-state index in [1.807, 2.05) is 19.9 Å². The number of hydrogen-bond donors (Lipinski definition) is 1. The summed E-state index contributed by atoms with van der Waals surface area (Å²) in [4.78, 5) is 1.93. The van der Waals surface area contributed by atoms with Crippen LogP contribution in [0.2, 0.25) is 0 Å². The van der Waals surface area contributed by atoms with Crippen molar-refractivity contribution in [1.29, 1.82) is 0 Å². The summed E-state index contributed by atoms with van der Waals surface area (Å²) in [5.41, 5.74) is 0. The van der Waals surface area contributed by atoms with Crippen molar-refractivity contribution >= 4 is 11.3 Å². The Bertz CT molecular complexity index is 333. The Morgan fingerprint density at radius 1 is 1.24 bits per heavy atom. The first-order valence-corrected chi connectivity index (χ1v) is 6.66. The summed E-state index contributed by atoms with van der Waals surface area (Å²) in [5.74, 6) is 0. The molecule has 1 heterocycles. The maximum Gasteiger partial charge on any atom is 0.404 e. The van der Waals surface area contributed by atoms with E-state index in [-0.39, 0.29) is 6.42 Å².